The molecule has 0 radical (unpaired) electrons. The van der Waals surface area contributed by atoms with Crippen molar-refractivity contribution < 1.29 is 13.2 Å². The van der Waals surface area contributed by atoms with Crippen molar-refractivity contribution in [1.29, 1.82) is 0 Å². The van der Waals surface area contributed by atoms with E-state index in [1.54, 1.807) is 23.5 Å². The van der Waals surface area contributed by atoms with Crippen molar-refractivity contribution in [3.8, 4) is 5.75 Å². The molecule has 1 N–H and O–H groups in total. The fourth-order valence-electron chi connectivity index (χ4n) is 3.72. The summed E-state index contributed by atoms with van der Waals surface area (Å²) in [5.41, 5.74) is 1.70. The van der Waals surface area contributed by atoms with Gasteiger partial charge in [-0.25, -0.2) is 13.1 Å². The first-order valence-electron chi connectivity index (χ1n) is 9.87. The minimum atomic E-state index is -3.51. The molecule has 0 atom stereocenters. The highest BCUT2D eigenvalue weighted by Gasteiger charge is 2.23. The summed E-state index contributed by atoms with van der Waals surface area (Å²) < 4.78 is 34.0. The van der Waals surface area contributed by atoms with Crippen molar-refractivity contribution in [3.05, 3.63) is 45.6 Å². The molecule has 1 aromatic heterocycles. The van der Waals surface area contributed by atoms with Crippen LogP contribution in [0.15, 0.2) is 34.5 Å². The number of likely N-dealkylation sites (tertiary alicyclic amines) is 1. The second kappa shape index (κ2) is 9.39. The van der Waals surface area contributed by atoms with Gasteiger partial charge in [0.25, 0.3) is 0 Å². The summed E-state index contributed by atoms with van der Waals surface area (Å²) in [7, 11) is -3.51. The molecule has 0 spiro atoms. The zero-order valence-corrected chi connectivity index (χ0v) is 18.5. The van der Waals surface area contributed by atoms with Crippen molar-refractivity contribution in [3.63, 3.8) is 0 Å². The third-order valence-corrected chi connectivity index (χ3v) is 7.53. The maximum absolute atomic E-state index is 12.8. The highest BCUT2D eigenvalue weighted by molar-refractivity contribution is 7.89. The van der Waals surface area contributed by atoms with E-state index in [9.17, 15) is 8.42 Å². The second-order valence-electron chi connectivity index (χ2n) is 7.47. The number of rotatable bonds is 8. The van der Waals surface area contributed by atoms with Crippen molar-refractivity contribution in [2.45, 2.75) is 45.1 Å². The van der Waals surface area contributed by atoms with Gasteiger partial charge in [-0.3, -0.25) is 4.90 Å². The molecule has 0 aliphatic carbocycles. The molecule has 154 valence electrons. The highest BCUT2D eigenvalue weighted by Crippen LogP contribution is 2.27. The molecule has 3 rings (SSSR count). The molecule has 1 aliphatic heterocycles. The maximum atomic E-state index is 12.8. The van der Waals surface area contributed by atoms with Crippen molar-refractivity contribution >= 4 is 21.4 Å². The van der Waals surface area contributed by atoms with Crippen molar-refractivity contribution in [1.82, 2.24) is 9.62 Å². The molecule has 1 aromatic carbocycles. The summed E-state index contributed by atoms with van der Waals surface area (Å²) >= 11 is 1.79. The molecular weight excluding hydrogens is 392 g/mol. The molecular formula is C21H30N2O3S2. The molecule has 28 heavy (non-hydrogen) atoms. The lowest BCUT2D eigenvalue weighted by molar-refractivity contribution is 0.180. The van der Waals surface area contributed by atoms with Gasteiger partial charge < -0.3 is 4.74 Å². The Morgan fingerprint density at radius 2 is 1.89 bits per heavy atom. The molecule has 2 heterocycles. The third kappa shape index (κ3) is 5.35. The summed E-state index contributed by atoms with van der Waals surface area (Å²) in [6, 6.07) is 7.66. The number of piperidine rings is 1. The number of hydrogen-bond acceptors (Lipinski definition) is 5. The van der Waals surface area contributed by atoms with E-state index in [0.29, 0.717) is 24.0 Å². The summed E-state index contributed by atoms with van der Waals surface area (Å²) in [5, 5.41) is 2.11. The molecule has 7 heteroatoms. The van der Waals surface area contributed by atoms with Crippen LogP contribution in [0.1, 0.15) is 35.8 Å². The van der Waals surface area contributed by atoms with Gasteiger partial charge in [-0.1, -0.05) is 6.07 Å². The van der Waals surface area contributed by atoms with Gasteiger partial charge in [0, 0.05) is 18.0 Å². The highest BCUT2D eigenvalue weighted by atomic mass is 32.2. The zero-order chi connectivity index (χ0) is 20.1. The van der Waals surface area contributed by atoms with Crippen molar-refractivity contribution in [2.75, 3.05) is 26.2 Å². The maximum Gasteiger partial charge on any atom is 0.240 e. The first-order chi connectivity index (χ1) is 13.4. The molecule has 1 saturated heterocycles. The Kier molecular flexibility index (Phi) is 7.15. The van der Waals surface area contributed by atoms with E-state index < -0.39 is 10.0 Å². The Bertz CT molecular complexity index is 848. The average molecular weight is 423 g/mol. The number of ether oxygens (including phenoxy) is 1. The SMILES string of the molecule is CCOc1c(C)cc(S(=O)(=O)NCC2CCN(Cc3cccs3)CC2)cc1C. The second-order valence-corrected chi connectivity index (χ2v) is 10.3. The Morgan fingerprint density at radius 1 is 1.21 bits per heavy atom. The fraction of sp³-hybridized carbons (Fsp3) is 0.524. The Balaban J connectivity index is 1.54. The Morgan fingerprint density at radius 3 is 2.46 bits per heavy atom. The number of benzene rings is 1. The van der Waals surface area contributed by atoms with Gasteiger partial charge in [-0.2, -0.15) is 0 Å². The minimum absolute atomic E-state index is 0.320. The normalized spacial score (nSPS) is 16.4. The summed E-state index contributed by atoms with van der Waals surface area (Å²) in [6.07, 6.45) is 2.05. The standard InChI is InChI=1S/C21H30N2O3S2/c1-4-26-21-16(2)12-20(13-17(21)3)28(24,25)22-14-18-7-9-23(10-8-18)15-19-6-5-11-27-19/h5-6,11-13,18,22H,4,7-10,14-15H2,1-3H3. The lowest BCUT2D eigenvalue weighted by Crippen LogP contribution is -2.38. The molecule has 5 nitrogen and oxygen atoms in total. The van der Waals surface area contributed by atoms with Crippen LogP contribution in [0.4, 0.5) is 0 Å². The van der Waals surface area contributed by atoms with Gasteiger partial charge in [0.1, 0.15) is 5.75 Å². The summed E-state index contributed by atoms with van der Waals surface area (Å²) in [6.45, 7) is 9.81. The van der Waals surface area contributed by atoms with Gasteiger partial charge in [-0.15, -0.1) is 11.3 Å². The topological polar surface area (TPSA) is 58.6 Å². The minimum Gasteiger partial charge on any atom is -0.493 e. The fourth-order valence-corrected chi connectivity index (χ4v) is 5.75. The van der Waals surface area contributed by atoms with E-state index in [2.05, 4.69) is 27.1 Å². The summed E-state index contributed by atoms with van der Waals surface area (Å²) in [5.74, 6) is 1.17. The third-order valence-electron chi connectivity index (χ3n) is 5.26. The number of nitrogens with one attached hydrogen (secondary N) is 1. The quantitative estimate of drug-likeness (QED) is 0.700. The monoisotopic (exact) mass is 422 g/mol. The predicted octanol–water partition coefficient (Wildman–Crippen LogP) is 3.95. The average Bonchev–Trinajstić information content (AvgIpc) is 3.17. The van der Waals surface area contributed by atoms with E-state index in [1.807, 2.05) is 20.8 Å². The molecule has 1 fully saturated rings. The van der Waals surface area contributed by atoms with Gasteiger partial charge >= 0.3 is 0 Å². The predicted molar refractivity (Wildman–Crippen MR) is 115 cm³/mol. The lowest BCUT2D eigenvalue weighted by atomic mass is 9.97. The largest absolute Gasteiger partial charge is 0.493 e. The van der Waals surface area contributed by atoms with E-state index in [1.165, 1.54) is 4.88 Å². The lowest BCUT2D eigenvalue weighted by Gasteiger charge is -2.31. The molecule has 0 unspecified atom stereocenters. The van der Waals surface area contributed by atoms with Crippen LogP contribution in [0.3, 0.4) is 0 Å². The number of sulfonamides is 1. The molecule has 0 saturated carbocycles. The van der Waals surface area contributed by atoms with Crippen LogP contribution in [0.2, 0.25) is 0 Å². The van der Waals surface area contributed by atoms with Crippen LogP contribution in [0, 0.1) is 19.8 Å². The zero-order valence-electron chi connectivity index (χ0n) is 16.9. The number of aryl methyl sites for hydroxylation is 2. The van der Waals surface area contributed by atoms with Crippen LogP contribution < -0.4 is 9.46 Å². The number of nitrogens with zero attached hydrogens (tertiary/aromatic N) is 1. The van der Waals surface area contributed by atoms with E-state index in [0.717, 1.165) is 49.4 Å². The van der Waals surface area contributed by atoms with Crippen LogP contribution >= 0.6 is 11.3 Å². The molecule has 2 aromatic rings. The number of hydrogen-bond donors (Lipinski definition) is 1. The smallest absolute Gasteiger partial charge is 0.240 e. The van der Waals surface area contributed by atoms with Crippen LogP contribution in [0.25, 0.3) is 0 Å². The Labute approximate surface area is 172 Å². The molecule has 0 bridgehead atoms. The van der Waals surface area contributed by atoms with Crippen LogP contribution in [0.5, 0.6) is 5.75 Å². The van der Waals surface area contributed by atoms with Crippen LogP contribution in [-0.4, -0.2) is 39.6 Å². The molecule has 1 aliphatic rings. The van der Waals surface area contributed by atoms with E-state index in [4.69, 9.17) is 4.74 Å². The van der Waals surface area contributed by atoms with Gasteiger partial charge in [0.15, 0.2) is 0 Å². The van der Waals surface area contributed by atoms with Gasteiger partial charge in [0.2, 0.25) is 10.0 Å². The van der Waals surface area contributed by atoms with Crippen LogP contribution in [-0.2, 0) is 16.6 Å². The van der Waals surface area contributed by atoms with Gasteiger partial charge in [0.05, 0.1) is 11.5 Å². The van der Waals surface area contributed by atoms with Crippen molar-refractivity contribution in [2.24, 2.45) is 5.92 Å². The van der Waals surface area contributed by atoms with E-state index in [-0.39, 0.29) is 0 Å². The first kappa shape index (κ1) is 21.3. The summed E-state index contributed by atoms with van der Waals surface area (Å²) in [4.78, 5) is 4.16. The van der Waals surface area contributed by atoms with E-state index >= 15 is 0 Å². The number of thiophene rings is 1. The first-order valence-corrected chi connectivity index (χ1v) is 12.2. The molecule has 0 amide bonds. The van der Waals surface area contributed by atoms with Gasteiger partial charge in [-0.05, 0) is 87.3 Å². The Hall–Kier alpha value is -1.41.